The zero-order chi connectivity index (χ0) is 23.3. The van der Waals surface area contributed by atoms with Gasteiger partial charge in [-0.25, -0.2) is 4.98 Å². The van der Waals surface area contributed by atoms with Crippen LogP contribution in [-0.2, 0) is 13.1 Å². The molecule has 0 aliphatic heterocycles. The third-order valence-corrected chi connectivity index (χ3v) is 5.97. The van der Waals surface area contributed by atoms with Crippen LogP contribution < -0.4 is 16.2 Å². The second-order valence-electron chi connectivity index (χ2n) is 8.24. The number of hydrogen-bond acceptors (Lipinski definition) is 4. The number of aromatic nitrogens is 2. The number of nitrogens with one attached hydrogen (secondary N) is 3. The molecule has 0 aliphatic rings. The molecule has 5 nitrogen and oxygen atoms in total. The molecule has 0 saturated heterocycles. The highest BCUT2D eigenvalue weighted by Crippen LogP contribution is 2.32. The average molecular weight is 447 g/mol. The Morgan fingerprint density at radius 3 is 2.15 bits per heavy atom. The Morgan fingerprint density at radius 2 is 1.47 bits per heavy atom. The number of anilines is 1. The van der Waals surface area contributed by atoms with Crippen molar-refractivity contribution in [3.05, 3.63) is 119 Å². The van der Waals surface area contributed by atoms with Crippen LogP contribution in [0.15, 0.2) is 102 Å². The normalized spacial score (nSPS) is 11.0. The minimum atomic E-state index is -0.129. The number of fused-ring (bicyclic) bond motifs is 1. The maximum absolute atomic E-state index is 12.4. The van der Waals surface area contributed by atoms with Gasteiger partial charge in [-0.05, 0) is 41.0 Å². The zero-order valence-corrected chi connectivity index (χ0v) is 19.0. The summed E-state index contributed by atoms with van der Waals surface area (Å²) in [6.07, 6.45) is 1.64. The topological polar surface area (TPSA) is 69.8 Å². The van der Waals surface area contributed by atoms with Crippen LogP contribution in [0.3, 0.4) is 0 Å². The first-order valence-electron chi connectivity index (χ1n) is 11.4. The first kappa shape index (κ1) is 21.6. The quantitative estimate of drug-likeness (QED) is 0.305. The fourth-order valence-corrected chi connectivity index (χ4v) is 4.09. The van der Waals surface area contributed by atoms with Crippen LogP contribution >= 0.6 is 0 Å². The fourth-order valence-electron chi connectivity index (χ4n) is 4.09. The van der Waals surface area contributed by atoms with Gasteiger partial charge in [-0.2, -0.15) is 0 Å². The molecular weight excluding hydrogens is 420 g/mol. The summed E-state index contributed by atoms with van der Waals surface area (Å²) in [6.45, 7) is 1.59. The first-order valence-corrected chi connectivity index (χ1v) is 11.4. The molecule has 2 heterocycles. The third kappa shape index (κ3) is 4.60. The van der Waals surface area contributed by atoms with Gasteiger partial charge in [0.1, 0.15) is 0 Å². The van der Waals surface area contributed by atoms with E-state index in [2.05, 4.69) is 64.1 Å². The lowest BCUT2D eigenvalue weighted by Gasteiger charge is -2.12. The van der Waals surface area contributed by atoms with Crippen LogP contribution in [0.2, 0.25) is 0 Å². The number of rotatable bonds is 7. The number of pyridine rings is 2. The largest absolute Gasteiger partial charge is 0.388 e. The molecule has 34 heavy (non-hydrogen) atoms. The first-order chi connectivity index (χ1) is 16.7. The van der Waals surface area contributed by atoms with Crippen LogP contribution in [0, 0.1) is 0 Å². The van der Waals surface area contributed by atoms with Crippen molar-refractivity contribution in [2.24, 2.45) is 0 Å². The van der Waals surface area contributed by atoms with E-state index in [0.717, 1.165) is 41.2 Å². The molecule has 0 spiro atoms. The Bertz CT molecular complexity index is 1460. The van der Waals surface area contributed by atoms with Crippen molar-refractivity contribution in [2.45, 2.75) is 13.1 Å². The lowest BCUT2D eigenvalue weighted by molar-refractivity contribution is 0.693. The smallest absolute Gasteiger partial charge is 0.257 e. The van der Waals surface area contributed by atoms with E-state index in [1.165, 1.54) is 11.1 Å². The second kappa shape index (κ2) is 9.73. The molecule has 0 bridgehead atoms. The summed E-state index contributed by atoms with van der Waals surface area (Å²) in [5, 5.41) is 7.24. The summed E-state index contributed by atoms with van der Waals surface area (Å²) in [4.78, 5) is 20.0. The maximum atomic E-state index is 12.4. The highest BCUT2D eigenvalue weighted by Gasteiger charge is 2.13. The van der Waals surface area contributed by atoms with Gasteiger partial charge in [0.05, 0.1) is 16.6 Å². The minimum Gasteiger partial charge on any atom is -0.388 e. The zero-order valence-electron chi connectivity index (χ0n) is 19.0. The summed E-state index contributed by atoms with van der Waals surface area (Å²) in [5.41, 5.74) is 7.99. The number of H-pyrrole nitrogens is 1. The maximum Gasteiger partial charge on any atom is 0.257 e. The summed E-state index contributed by atoms with van der Waals surface area (Å²) in [6, 6.07) is 30.8. The van der Waals surface area contributed by atoms with E-state index in [1.807, 2.05) is 49.5 Å². The van der Waals surface area contributed by atoms with Crippen molar-refractivity contribution in [1.29, 1.82) is 0 Å². The van der Waals surface area contributed by atoms with Crippen molar-refractivity contribution in [2.75, 3.05) is 12.4 Å². The van der Waals surface area contributed by atoms with Crippen LogP contribution in [-0.4, -0.2) is 17.0 Å². The van der Waals surface area contributed by atoms with Crippen molar-refractivity contribution < 1.29 is 0 Å². The number of aromatic amines is 1. The second-order valence-corrected chi connectivity index (χ2v) is 8.24. The van der Waals surface area contributed by atoms with Gasteiger partial charge in [0, 0.05) is 43.1 Å². The van der Waals surface area contributed by atoms with E-state index < -0.39 is 0 Å². The van der Waals surface area contributed by atoms with Crippen LogP contribution in [0.5, 0.6) is 0 Å². The van der Waals surface area contributed by atoms with Crippen molar-refractivity contribution >= 4 is 16.6 Å². The molecule has 2 aromatic heterocycles. The lowest BCUT2D eigenvalue weighted by atomic mass is 9.97. The molecular formula is C29H26N4O. The molecule has 0 atom stereocenters. The Labute approximate surface area is 198 Å². The summed E-state index contributed by atoms with van der Waals surface area (Å²) < 4.78 is 0. The predicted octanol–water partition coefficient (Wildman–Crippen LogP) is 5.59. The van der Waals surface area contributed by atoms with Crippen molar-refractivity contribution in [1.82, 2.24) is 15.3 Å². The Balaban J connectivity index is 1.40. The molecule has 168 valence electrons. The molecule has 0 amide bonds. The molecule has 0 saturated carbocycles. The van der Waals surface area contributed by atoms with Gasteiger partial charge in [-0.15, -0.1) is 0 Å². The van der Waals surface area contributed by atoms with Gasteiger partial charge in [0.15, 0.2) is 0 Å². The molecule has 0 fully saturated rings. The number of nitrogens with zero attached hydrogens (tertiary/aromatic N) is 1. The molecule has 5 rings (SSSR count). The van der Waals surface area contributed by atoms with Gasteiger partial charge in [-0.3, -0.25) is 4.79 Å². The Kier molecular flexibility index (Phi) is 6.19. The lowest BCUT2D eigenvalue weighted by Crippen LogP contribution is -2.12. The Hall–Kier alpha value is -4.22. The van der Waals surface area contributed by atoms with E-state index in [0.29, 0.717) is 10.9 Å². The van der Waals surface area contributed by atoms with Crippen molar-refractivity contribution in [3.63, 3.8) is 0 Å². The molecule has 5 aromatic rings. The molecule has 0 radical (unpaired) electrons. The fraction of sp³-hybridized carbons (Fsp3) is 0.103. The van der Waals surface area contributed by atoms with Crippen LogP contribution in [0.25, 0.3) is 33.3 Å². The van der Waals surface area contributed by atoms with E-state index in [1.54, 1.807) is 6.20 Å². The molecule has 0 aliphatic carbocycles. The standard InChI is InChI=1S/C29H26N4O/c1-30-24-13-9-21(10-14-24)19-31-18-20-7-11-23(12-8-20)28-25(22-5-3-2-4-6-22)17-26-27(33-28)15-16-32-29(26)34/h2-17,30-31H,18-19H2,1H3,(H,32,34). The summed E-state index contributed by atoms with van der Waals surface area (Å²) in [7, 11) is 1.92. The van der Waals surface area contributed by atoms with Crippen molar-refractivity contribution in [3.8, 4) is 22.4 Å². The van der Waals surface area contributed by atoms with E-state index in [9.17, 15) is 4.79 Å². The Morgan fingerprint density at radius 1 is 0.794 bits per heavy atom. The third-order valence-electron chi connectivity index (χ3n) is 5.97. The van der Waals surface area contributed by atoms with Gasteiger partial charge < -0.3 is 15.6 Å². The van der Waals surface area contributed by atoms with Gasteiger partial charge >= 0.3 is 0 Å². The highest BCUT2D eigenvalue weighted by atomic mass is 16.1. The molecule has 3 aromatic carbocycles. The van der Waals surface area contributed by atoms with Gasteiger partial charge in [-0.1, -0.05) is 66.7 Å². The van der Waals surface area contributed by atoms with E-state index in [4.69, 9.17) is 4.98 Å². The molecule has 0 unspecified atom stereocenters. The molecule has 3 N–H and O–H groups in total. The number of benzene rings is 3. The summed E-state index contributed by atoms with van der Waals surface area (Å²) in [5.74, 6) is 0. The van der Waals surface area contributed by atoms with Crippen LogP contribution in [0.1, 0.15) is 11.1 Å². The SMILES string of the molecule is CNc1ccc(CNCc2ccc(-c3nc4cc[nH]c(=O)c4cc3-c3ccccc3)cc2)cc1. The molecule has 5 heteroatoms. The highest BCUT2D eigenvalue weighted by molar-refractivity contribution is 5.91. The van der Waals surface area contributed by atoms with E-state index >= 15 is 0 Å². The van der Waals surface area contributed by atoms with Gasteiger partial charge in [0.2, 0.25) is 0 Å². The minimum absolute atomic E-state index is 0.129. The van der Waals surface area contributed by atoms with E-state index in [-0.39, 0.29) is 5.56 Å². The number of hydrogen-bond donors (Lipinski definition) is 3. The summed E-state index contributed by atoms with van der Waals surface area (Å²) >= 11 is 0. The van der Waals surface area contributed by atoms with Gasteiger partial charge in [0.25, 0.3) is 5.56 Å². The average Bonchev–Trinajstić information content (AvgIpc) is 2.90. The monoisotopic (exact) mass is 446 g/mol. The predicted molar refractivity (Wildman–Crippen MR) is 140 cm³/mol. The van der Waals surface area contributed by atoms with Crippen LogP contribution in [0.4, 0.5) is 5.69 Å².